The normalized spacial score (nSPS) is 15.3. The molecule has 6 nitrogen and oxygen atoms in total. The summed E-state index contributed by atoms with van der Waals surface area (Å²) in [5.74, 6) is 0.664. The van der Waals surface area contributed by atoms with E-state index in [2.05, 4.69) is 20.1 Å². The van der Waals surface area contributed by atoms with Gasteiger partial charge in [0.15, 0.2) is 0 Å². The molecule has 0 aliphatic carbocycles. The number of hydrogen-bond donors (Lipinski definition) is 1. The lowest BCUT2D eigenvalue weighted by Gasteiger charge is -2.35. The predicted octanol–water partition coefficient (Wildman–Crippen LogP) is 2.07. The zero-order valence-electron chi connectivity index (χ0n) is 11.1. The van der Waals surface area contributed by atoms with Gasteiger partial charge in [-0.2, -0.15) is 5.10 Å². The molecule has 2 aromatic heterocycles. The largest absolute Gasteiger partial charge is 0.352 e. The number of aromatic amines is 1. The van der Waals surface area contributed by atoms with Crippen molar-refractivity contribution in [3.63, 3.8) is 0 Å². The second-order valence-corrected chi connectivity index (χ2v) is 5.55. The van der Waals surface area contributed by atoms with Crippen molar-refractivity contribution in [2.24, 2.45) is 0 Å². The summed E-state index contributed by atoms with van der Waals surface area (Å²) in [5.41, 5.74) is 0.506. The van der Waals surface area contributed by atoms with Crippen LogP contribution < -0.4 is 4.90 Å². The smallest absolute Gasteiger partial charge is 0.271 e. The number of rotatable bonds is 2. The Balaban J connectivity index is 1.66. The van der Waals surface area contributed by atoms with Crippen molar-refractivity contribution in [3.8, 4) is 0 Å². The number of H-pyrrole nitrogens is 1. The molecule has 0 aromatic carbocycles. The first-order valence-electron chi connectivity index (χ1n) is 6.50. The van der Waals surface area contributed by atoms with Gasteiger partial charge in [0.2, 0.25) is 0 Å². The molecule has 3 rings (SSSR count). The van der Waals surface area contributed by atoms with Crippen molar-refractivity contribution in [3.05, 3.63) is 40.3 Å². The molecule has 1 saturated heterocycles. The summed E-state index contributed by atoms with van der Waals surface area (Å²) >= 11 is 12.0. The molecule has 0 saturated carbocycles. The first kappa shape index (κ1) is 14.2. The Morgan fingerprint density at radius 3 is 2.62 bits per heavy atom. The molecule has 3 heterocycles. The van der Waals surface area contributed by atoms with Gasteiger partial charge >= 0.3 is 0 Å². The van der Waals surface area contributed by atoms with Gasteiger partial charge < -0.3 is 9.80 Å². The predicted molar refractivity (Wildman–Crippen MR) is 81.0 cm³/mol. The monoisotopic (exact) mass is 325 g/mol. The number of amides is 1. The lowest BCUT2D eigenvalue weighted by atomic mass is 10.2. The third-order valence-electron chi connectivity index (χ3n) is 3.39. The maximum Gasteiger partial charge on any atom is 0.271 e. The lowest BCUT2D eigenvalue weighted by molar-refractivity contribution is 0.0740. The van der Waals surface area contributed by atoms with Crippen LogP contribution >= 0.6 is 23.2 Å². The maximum atomic E-state index is 12.2. The fourth-order valence-electron chi connectivity index (χ4n) is 2.31. The van der Waals surface area contributed by atoms with E-state index in [1.165, 1.54) is 0 Å². The number of carbonyl (C=O) groups is 1. The van der Waals surface area contributed by atoms with Gasteiger partial charge in [0.25, 0.3) is 5.91 Å². The van der Waals surface area contributed by atoms with Gasteiger partial charge in [-0.15, -0.1) is 0 Å². The molecule has 1 aliphatic heterocycles. The fraction of sp³-hybridized carbons (Fsp3) is 0.308. The van der Waals surface area contributed by atoms with Gasteiger partial charge in [-0.3, -0.25) is 9.89 Å². The number of carbonyl (C=O) groups excluding carboxylic acids is 1. The zero-order chi connectivity index (χ0) is 14.8. The molecule has 0 atom stereocenters. The highest BCUT2D eigenvalue weighted by Crippen LogP contribution is 2.26. The minimum Gasteiger partial charge on any atom is -0.352 e. The van der Waals surface area contributed by atoms with E-state index in [9.17, 15) is 4.79 Å². The highest BCUT2D eigenvalue weighted by Gasteiger charge is 2.24. The molecule has 1 N–H and O–H groups in total. The number of piperazine rings is 1. The molecule has 1 fully saturated rings. The minimum absolute atomic E-state index is 0.0395. The zero-order valence-corrected chi connectivity index (χ0v) is 12.6. The van der Waals surface area contributed by atoms with Crippen LogP contribution in [0.15, 0.2) is 24.5 Å². The van der Waals surface area contributed by atoms with Gasteiger partial charge in [-0.25, -0.2) is 4.98 Å². The van der Waals surface area contributed by atoms with Crippen LogP contribution in [-0.2, 0) is 0 Å². The summed E-state index contributed by atoms with van der Waals surface area (Å²) in [6, 6.07) is 3.35. The number of anilines is 1. The Morgan fingerprint density at radius 2 is 2.00 bits per heavy atom. The summed E-state index contributed by atoms with van der Waals surface area (Å²) in [6.45, 7) is 2.57. The van der Waals surface area contributed by atoms with Crippen molar-refractivity contribution in [1.82, 2.24) is 20.1 Å². The Hall–Kier alpha value is -1.79. The third-order valence-corrected chi connectivity index (χ3v) is 3.87. The second-order valence-electron chi connectivity index (χ2n) is 4.71. The van der Waals surface area contributed by atoms with E-state index in [0.717, 1.165) is 0 Å². The van der Waals surface area contributed by atoms with Crippen LogP contribution in [0.5, 0.6) is 0 Å². The van der Waals surface area contributed by atoms with E-state index in [1.807, 2.05) is 0 Å². The van der Waals surface area contributed by atoms with E-state index in [4.69, 9.17) is 23.2 Å². The van der Waals surface area contributed by atoms with Crippen LogP contribution in [0.2, 0.25) is 10.0 Å². The van der Waals surface area contributed by atoms with Gasteiger partial charge in [-0.1, -0.05) is 23.2 Å². The molecule has 0 radical (unpaired) electrons. The van der Waals surface area contributed by atoms with E-state index >= 15 is 0 Å². The molecule has 21 heavy (non-hydrogen) atoms. The first-order valence-corrected chi connectivity index (χ1v) is 7.25. The molecular weight excluding hydrogens is 313 g/mol. The third kappa shape index (κ3) is 2.96. The highest BCUT2D eigenvalue weighted by atomic mass is 35.5. The van der Waals surface area contributed by atoms with Crippen LogP contribution in [0.4, 0.5) is 5.82 Å². The summed E-state index contributed by atoms with van der Waals surface area (Å²) in [5, 5.41) is 7.52. The van der Waals surface area contributed by atoms with Crippen molar-refractivity contribution >= 4 is 34.9 Å². The fourth-order valence-corrected chi connectivity index (χ4v) is 2.81. The van der Waals surface area contributed by atoms with Crippen molar-refractivity contribution in [2.75, 3.05) is 31.1 Å². The molecule has 0 unspecified atom stereocenters. The van der Waals surface area contributed by atoms with E-state index in [1.54, 1.807) is 29.4 Å². The number of nitrogens with one attached hydrogen (secondary N) is 1. The maximum absolute atomic E-state index is 12.2. The van der Waals surface area contributed by atoms with Gasteiger partial charge in [0.05, 0.1) is 10.0 Å². The molecule has 8 heteroatoms. The molecule has 1 aliphatic rings. The van der Waals surface area contributed by atoms with Crippen molar-refractivity contribution in [2.45, 2.75) is 0 Å². The molecule has 1 amide bonds. The van der Waals surface area contributed by atoms with Crippen LogP contribution in [0.25, 0.3) is 0 Å². The lowest BCUT2D eigenvalue weighted by Crippen LogP contribution is -2.49. The number of hydrogen-bond acceptors (Lipinski definition) is 4. The standard InChI is InChI=1S/C13H13Cl2N5O/c14-9-7-10(15)12(16-8-9)19-3-5-20(6-4-19)13(21)11-1-2-17-18-11/h1-2,7-8H,3-6H2,(H,17,18). The number of aromatic nitrogens is 3. The molecule has 0 bridgehead atoms. The average Bonchev–Trinajstić information content (AvgIpc) is 3.01. The average molecular weight is 326 g/mol. The molecule has 2 aromatic rings. The van der Waals surface area contributed by atoms with Crippen molar-refractivity contribution < 1.29 is 4.79 Å². The summed E-state index contributed by atoms with van der Waals surface area (Å²) < 4.78 is 0. The topological polar surface area (TPSA) is 65.1 Å². The SMILES string of the molecule is O=C(c1ccn[nH]1)N1CCN(c2ncc(Cl)cc2Cl)CC1. The minimum atomic E-state index is -0.0395. The highest BCUT2D eigenvalue weighted by molar-refractivity contribution is 6.36. The van der Waals surface area contributed by atoms with Gasteiger partial charge in [-0.05, 0) is 12.1 Å². The van der Waals surface area contributed by atoms with E-state index in [0.29, 0.717) is 47.7 Å². The number of nitrogens with zero attached hydrogens (tertiary/aromatic N) is 4. The number of pyridine rings is 1. The Labute approximate surface area is 131 Å². The number of halogens is 2. The van der Waals surface area contributed by atoms with Crippen molar-refractivity contribution in [1.29, 1.82) is 0 Å². The van der Waals surface area contributed by atoms with E-state index in [-0.39, 0.29) is 5.91 Å². The molecule has 0 spiro atoms. The van der Waals surface area contributed by atoms with Crippen LogP contribution in [0, 0.1) is 0 Å². The summed E-state index contributed by atoms with van der Waals surface area (Å²) in [4.78, 5) is 20.3. The second kappa shape index (κ2) is 5.91. The molecular formula is C13H13Cl2N5O. The van der Waals surface area contributed by atoms with Crippen LogP contribution in [0.3, 0.4) is 0 Å². The first-order chi connectivity index (χ1) is 10.1. The van der Waals surface area contributed by atoms with Crippen LogP contribution in [0.1, 0.15) is 10.5 Å². The Morgan fingerprint density at radius 1 is 1.24 bits per heavy atom. The Kier molecular flexibility index (Phi) is 3.98. The molecule has 110 valence electrons. The quantitative estimate of drug-likeness (QED) is 0.918. The summed E-state index contributed by atoms with van der Waals surface area (Å²) in [6.07, 6.45) is 3.14. The van der Waals surface area contributed by atoms with Gasteiger partial charge in [0, 0.05) is 38.6 Å². The Bertz CT molecular complexity index is 638. The summed E-state index contributed by atoms with van der Waals surface area (Å²) in [7, 11) is 0. The van der Waals surface area contributed by atoms with Gasteiger partial charge in [0.1, 0.15) is 11.5 Å². The van der Waals surface area contributed by atoms with E-state index < -0.39 is 0 Å². The van der Waals surface area contributed by atoms with Crippen LogP contribution in [-0.4, -0.2) is 52.2 Å².